The van der Waals surface area contributed by atoms with Crippen molar-refractivity contribution in [1.29, 1.82) is 0 Å². The van der Waals surface area contributed by atoms with Gasteiger partial charge in [0.05, 0.1) is 6.61 Å². The number of nitrogens with zero attached hydrogens (tertiary/aromatic N) is 1. The average molecular weight is 265 g/mol. The molecule has 1 atom stereocenters. The summed E-state index contributed by atoms with van der Waals surface area (Å²) in [6, 6.07) is 2.81. The van der Waals surface area contributed by atoms with E-state index in [9.17, 15) is 9.59 Å². The number of hydrogen-bond acceptors (Lipinski definition) is 5. The van der Waals surface area contributed by atoms with Gasteiger partial charge in [0, 0.05) is 18.4 Å². The first-order valence-corrected chi connectivity index (χ1v) is 6.25. The molecular formula is C13H19N3O3. The minimum Gasteiger partial charge on any atom is -0.464 e. The van der Waals surface area contributed by atoms with Gasteiger partial charge in [-0.1, -0.05) is 0 Å². The fourth-order valence-electron chi connectivity index (χ4n) is 1.47. The van der Waals surface area contributed by atoms with Gasteiger partial charge in [-0.2, -0.15) is 0 Å². The number of ether oxygens (including phenoxy) is 1. The van der Waals surface area contributed by atoms with E-state index < -0.39 is 6.04 Å². The highest BCUT2D eigenvalue weighted by molar-refractivity contribution is 5.93. The van der Waals surface area contributed by atoms with Crippen LogP contribution < -0.4 is 10.6 Å². The Kier molecular flexibility index (Phi) is 5.78. The topological polar surface area (TPSA) is 80.3 Å². The molecule has 0 saturated heterocycles. The molecule has 104 valence electrons. The van der Waals surface area contributed by atoms with Crippen molar-refractivity contribution in [2.24, 2.45) is 0 Å². The van der Waals surface area contributed by atoms with Gasteiger partial charge >= 0.3 is 5.97 Å². The number of carbonyl (C=O) groups is 2. The summed E-state index contributed by atoms with van der Waals surface area (Å²) in [6.07, 6.45) is 1.52. The van der Waals surface area contributed by atoms with Gasteiger partial charge in [0.25, 0.3) is 5.91 Å². The lowest BCUT2D eigenvalue weighted by Crippen LogP contribution is -2.28. The maximum Gasteiger partial charge on any atom is 0.328 e. The summed E-state index contributed by atoms with van der Waals surface area (Å²) >= 11 is 0. The van der Waals surface area contributed by atoms with Crippen LogP contribution in [0.5, 0.6) is 0 Å². The molecule has 1 heterocycles. The first kappa shape index (κ1) is 14.9. The predicted octanol–water partition coefficient (Wildman–Crippen LogP) is 1.19. The Balaban J connectivity index is 2.71. The molecule has 0 aromatic carbocycles. The Morgan fingerprint density at radius 1 is 1.42 bits per heavy atom. The number of rotatable bonds is 6. The standard InChI is InChI=1S/C13H19N3O3/c1-4-14-12(17)11-8-10(6-7-15-11)16-9(3)13(18)19-5-2/h6-9H,4-5H2,1-3H3,(H,14,17)(H,15,16). The third kappa shape index (κ3) is 4.57. The molecule has 6 nitrogen and oxygen atoms in total. The lowest BCUT2D eigenvalue weighted by Gasteiger charge is -2.14. The Labute approximate surface area is 112 Å². The fraction of sp³-hybridized carbons (Fsp3) is 0.462. The van der Waals surface area contributed by atoms with E-state index in [1.807, 2.05) is 6.92 Å². The minimum atomic E-state index is -0.482. The summed E-state index contributed by atoms with van der Waals surface area (Å²) in [6.45, 7) is 6.17. The molecule has 0 saturated carbocycles. The fourth-order valence-corrected chi connectivity index (χ4v) is 1.47. The Hall–Kier alpha value is -2.11. The molecule has 0 bridgehead atoms. The molecular weight excluding hydrogens is 246 g/mol. The van der Waals surface area contributed by atoms with E-state index in [2.05, 4.69) is 15.6 Å². The van der Waals surface area contributed by atoms with E-state index in [4.69, 9.17) is 4.74 Å². The van der Waals surface area contributed by atoms with E-state index in [1.54, 1.807) is 26.0 Å². The smallest absolute Gasteiger partial charge is 0.328 e. The van der Waals surface area contributed by atoms with E-state index in [1.165, 1.54) is 6.20 Å². The van der Waals surface area contributed by atoms with Crippen molar-refractivity contribution in [2.45, 2.75) is 26.8 Å². The van der Waals surface area contributed by atoms with Gasteiger partial charge in [-0.15, -0.1) is 0 Å². The zero-order valence-electron chi connectivity index (χ0n) is 11.4. The summed E-state index contributed by atoms with van der Waals surface area (Å²) in [5.41, 5.74) is 0.958. The van der Waals surface area contributed by atoms with E-state index in [-0.39, 0.29) is 11.9 Å². The van der Waals surface area contributed by atoms with Crippen molar-refractivity contribution in [3.63, 3.8) is 0 Å². The Morgan fingerprint density at radius 2 is 2.16 bits per heavy atom. The number of pyridine rings is 1. The van der Waals surface area contributed by atoms with Crippen LogP contribution in [0.4, 0.5) is 5.69 Å². The molecule has 19 heavy (non-hydrogen) atoms. The predicted molar refractivity (Wildman–Crippen MR) is 72.0 cm³/mol. The molecule has 1 aromatic heterocycles. The van der Waals surface area contributed by atoms with Crippen LogP contribution in [-0.4, -0.2) is 36.1 Å². The molecule has 0 aliphatic carbocycles. The first-order chi connectivity index (χ1) is 9.08. The van der Waals surface area contributed by atoms with Crippen LogP contribution in [0.2, 0.25) is 0 Å². The molecule has 0 fully saturated rings. The molecule has 0 aliphatic rings. The minimum absolute atomic E-state index is 0.241. The lowest BCUT2D eigenvalue weighted by atomic mass is 10.2. The van der Waals surface area contributed by atoms with Crippen LogP contribution in [-0.2, 0) is 9.53 Å². The van der Waals surface area contributed by atoms with Gasteiger partial charge in [-0.25, -0.2) is 4.79 Å². The van der Waals surface area contributed by atoms with Crippen molar-refractivity contribution in [3.8, 4) is 0 Å². The largest absolute Gasteiger partial charge is 0.464 e. The lowest BCUT2D eigenvalue weighted by molar-refractivity contribution is -0.143. The number of amides is 1. The van der Waals surface area contributed by atoms with Gasteiger partial charge in [0.2, 0.25) is 0 Å². The summed E-state index contributed by atoms with van der Waals surface area (Å²) in [4.78, 5) is 27.1. The molecule has 0 spiro atoms. The van der Waals surface area contributed by atoms with Crippen LogP contribution in [0.1, 0.15) is 31.3 Å². The zero-order valence-corrected chi connectivity index (χ0v) is 11.4. The van der Waals surface area contributed by atoms with Crippen LogP contribution in [0.25, 0.3) is 0 Å². The number of carbonyl (C=O) groups excluding carboxylic acids is 2. The van der Waals surface area contributed by atoms with Crippen molar-refractivity contribution in [3.05, 3.63) is 24.0 Å². The molecule has 6 heteroatoms. The number of aromatic nitrogens is 1. The third-order valence-electron chi connectivity index (χ3n) is 2.35. The van der Waals surface area contributed by atoms with Gasteiger partial charge in [0.15, 0.2) is 0 Å². The number of nitrogens with one attached hydrogen (secondary N) is 2. The van der Waals surface area contributed by atoms with Gasteiger partial charge < -0.3 is 15.4 Å². The van der Waals surface area contributed by atoms with Crippen molar-refractivity contribution >= 4 is 17.6 Å². The van der Waals surface area contributed by atoms with Gasteiger partial charge in [-0.3, -0.25) is 9.78 Å². The third-order valence-corrected chi connectivity index (χ3v) is 2.35. The monoisotopic (exact) mass is 265 g/mol. The zero-order chi connectivity index (χ0) is 14.3. The Bertz CT molecular complexity index is 449. The summed E-state index contributed by atoms with van der Waals surface area (Å²) in [7, 11) is 0. The first-order valence-electron chi connectivity index (χ1n) is 6.25. The van der Waals surface area contributed by atoms with Crippen LogP contribution in [0.3, 0.4) is 0 Å². The highest BCUT2D eigenvalue weighted by Gasteiger charge is 2.14. The van der Waals surface area contributed by atoms with E-state index in [0.29, 0.717) is 24.5 Å². The Morgan fingerprint density at radius 3 is 2.79 bits per heavy atom. The summed E-state index contributed by atoms with van der Waals surface area (Å²) < 4.78 is 4.90. The maximum atomic E-state index is 11.6. The second kappa shape index (κ2) is 7.35. The number of hydrogen-bond donors (Lipinski definition) is 2. The average Bonchev–Trinajstić information content (AvgIpc) is 2.39. The molecule has 0 aliphatic heterocycles. The molecule has 2 N–H and O–H groups in total. The molecule has 1 rings (SSSR count). The summed E-state index contributed by atoms with van der Waals surface area (Å²) in [5.74, 6) is -0.575. The molecule has 1 unspecified atom stereocenters. The number of anilines is 1. The quantitative estimate of drug-likeness (QED) is 0.755. The number of esters is 1. The van der Waals surface area contributed by atoms with Crippen molar-refractivity contribution < 1.29 is 14.3 Å². The highest BCUT2D eigenvalue weighted by atomic mass is 16.5. The highest BCUT2D eigenvalue weighted by Crippen LogP contribution is 2.10. The van der Waals surface area contributed by atoms with Crippen LogP contribution in [0.15, 0.2) is 18.3 Å². The maximum absolute atomic E-state index is 11.6. The van der Waals surface area contributed by atoms with E-state index >= 15 is 0 Å². The van der Waals surface area contributed by atoms with Gasteiger partial charge in [-0.05, 0) is 32.9 Å². The van der Waals surface area contributed by atoms with Crippen LogP contribution >= 0.6 is 0 Å². The van der Waals surface area contributed by atoms with Crippen LogP contribution in [0, 0.1) is 0 Å². The second-order valence-corrected chi connectivity index (χ2v) is 3.91. The van der Waals surface area contributed by atoms with Gasteiger partial charge in [0.1, 0.15) is 11.7 Å². The van der Waals surface area contributed by atoms with E-state index in [0.717, 1.165) is 0 Å². The normalized spacial score (nSPS) is 11.5. The molecule has 1 aromatic rings. The summed E-state index contributed by atoms with van der Waals surface area (Å²) in [5, 5.41) is 5.63. The SMILES string of the molecule is CCNC(=O)c1cc(NC(C)C(=O)OCC)ccn1. The molecule has 0 radical (unpaired) electrons. The molecule has 1 amide bonds. The van der Waals surface area contributed by atoms with Crippen molar-refractivity contribution in [1.82, 2.24) is 10.3 Å². The van der Waals surface area contributed by atoms with Crippen molar-refractivity contribution in [2.75, 3.05) is 18.5 Å². The second-order valence-electron chi connectivity index (χ2n) is 3.91.